The fraction of sp³-hybridized carbons (Fsp3) is 0.696. The Morgan fingerprint density at radius 1 is 1.30 bits per heavy atom. The van der Waals surface area contributed by atoms with Crippen LogP contribution >= 0.6 is 22.9 Å². The van der Waals surface area contributed by atoms with Gasteiger partial charge in [0.15, 0.2) is 0 Å². The zero-order valence-electron chi connectivity index (χ0n) is 17.3. The first-order chi connectivity index (χ1) is 14.3. The number of esters is 1. The number of ether oxygens (including phenoxy) is 1. The third-order valence-corrected chi connectivity index (χ3v) is 9.57. The molecule has 30 heavy (non-hydrogen) atoms. The Balaban J connectivity index is 1.23. The van der Waals surface area contributed by atoms with E-state index in [1.54, 1.807) is 11.3 Å². The van der Waals surface area contributed by atoms with E-state index >= 15 is 0 Å². The summed E-state index contributed by atoms with van der Waals surface area (Å²) in [5, 5.41) is 0.738. The number of nitrogens with one attached hydrogen (secondary N) is 1. The summed E-state index contributed by atoms with van der Waals surface area (Å²) in [7, 11) is 0. The van der Waals surface area contributed by atoms with Gasteiger partial charge in [-0.3, -0.25) is 9.59 Å². The Morgan fingerprint density at radius 2 is 2.07 bits per heavy atom. The largest absolute Gasteiger partial charge is 0.457 e. The Kier molecular flexibility index (Phi) is 4.21. The van der Waals surface area contributed by atoms with Crippen molar-refractivity contribution >= 4 is 39.1 Å². The molecule has 4 fully saturated rings. The van der Waals surface area contributed by atoms with E-state index in [0.29, 0.717) is 23.6 Å². The molecule has 160 valence electrons. The minimum atomic E-state index is -0.436. The summed E-state index contributed by atoms with van der Waals surface area (Å²) in [4.78, 5) is 35.3. The van der Waals surface area contributed by atoms with Crippen molar-refractivity contribution in [1.82, 2.24) is 9.97 Å². The van der Waals surface area contributed by atoms with Gasteiger partial charge in [0.1, 0.15) is 17.3 Å². The molecule has 1 N–H and O–H groups in total. The number of fused-ring (bicyclic) bond motifs is 3. The minimum absolute atomic E-state index is 0.0232. The van der Waals surface area contributed by atoms with Gasteiger partial charge in [-0.1, -0.05) is 6.92 Å². The van der Waals surface area contributed by atoms with Crippen LogP contribution in [0.2, 0.25) is 0 Å². The van der Waals surface area contributed by atoms with E-state index in [0.717, 1.165) is 61.6 Å². The molecular weight excluding hydrogens is 420 g/mol. The molecule has 7 heteroatoms. The van der Waals surface area contributed by atoms with Crippen LogP contribution in [0.4, 0.5) is 0 Å². The summed E-state index contributed by atoms with van der Waals surface area (Å²) >= 11 is 8.49. The van der Waals surface area contributed by atoms with Gasteiger partial charge in [-0.15, -0.1) is 22.9 Å². The third kappa shape index (κ3) is 2.97. The van der Waals surface area contributed by atoms with Gasteiger partial charge in [0.2, 0.25) is 0 Å². The van der Waals surface area contributed by atoms with Gasteiger partial charge in [-0.2, -0.15) is 0 Å². The maximum Gasteiger partial charge on any atom is 0.312 e. The zero-order chi connectivity index (χ0) is 20.7. The molecule has 5 aliphatic carbocycles. The average Bonchev–Trinajstić information content (AvgIpc) is 3.01. The number of thiophene rings is 1. The predicted octanol–water partition coefficient (Wildman–Crippen LogP) is 4.73. The number of rotatable bonds is 3. The summed E-state index contributed by atoms with van der Waals surface area (Å²) < 4.78 is 5.76. The maximum absolute atomic E-state index is 13.2. The first-order valence-corrected chi connectivity index (χ1v) is 12.4. The number of hydrogen-bond acceptors (Lipinski definition) is 5. The molecule has 2 aromatic heterocycles. The van der Waals surface area contributed by atoms with Crippen molar-refractivity contribution in [3.8, 4) is 0 Å². The van der Waals surface area contributed by atoms with E-state index in [4.69, 9.17) is 16.3 Å². The zero-order valence-corrected chi connectivity index (χ0v) is 18.8. The minimum Gasteiger partial charge on any atom is -0.457 e. The predicted molar refractivity (Wildman–Crippen MR) is 117 cm³/mol. The second-order valence-electron chi connectivity index (χ2n) is 10.5. The molecule has 3 atom stereocenters. The average molecular weight is 447 g/mol. The molecule has 0 radical (unpaired) electrons. The highest BCUT2D eigenvalue weighted by atomic mass is 35.5. The van der Waals surface area contributed by atoms with Gasteiger partial charge in [0.05, 0.1) is 10.8 Å². The summed E-state index contributed by atoms with van der Waals surface area (Å²) in [6, 6.07) is 0. The molecule has 4 saturated carbocycles. The van der Waals surface area contributed by atoms with Crippen LogP contribution in [0.3, 0.4) is 0 Å². The molecule has 0 spiro atoms. The lowest BCUT2D eigenvalue weighted by atomic mass is 9.49. The molecule has 2 heterocycles. The highest BCUT2D eigenvalue weighted by molar-refractivity contribution is 7.18. The molecule has 0 aliphatic heterocycles. The van der Waals surface area contributed by atoms with Crippen LogP contribution in [-0.4, -0.2) is 20.8 Å². The molecule has 0 amide bonds. The topological polar surface area (TPSA) is 72.0 Å². The number of aryl methyl sites for hydroxylation is 1. The summed E-state index contributed by atoms with van der Waals surface area (Å²) in [6.45, 7) is 2.28. The van der Waals surface area contributed by atoms with Gasteiger partial charge in [0, 0.05) is 9.75 Å². The van der Waals surface area contributed by atoms with E-state index in [-0.39, 0.29) is 23.0 Å². The molecule has 7 rings (SSSR count). The Hall–Kier alpha value is -1.40. The molecule has 0 saturated heterocycles. The molecule has 2 aromatic rings. The van der Waals surface area contributed by atoms with E-state index in [2.05, 4.69) is 16.9 Å². The van der Waals surface area contributed by atoms with Crippen molar-refractivity contribution in [2.24, 2.45) is 23.2 Å². The molecule has 5 aliphatic rings. The van der Waals surface area contributed by atoms with E-state index in [1.165, 1.54) is 16.9 Å². The Labute approximate surface area is 184 Å². The van der Waals surface area contributed by atoms with Crippen molar-refractivity contribution in [2.75, 3.05) is 0 Å². The fourth-order valence-electron chi connectivity index (χ4n) is 7.14. The number of aromatic amines is 1. The number of carbonyl (C=O) groups excluding carboxylic acids is 1. The van der Waals surface area contributed by atoms with Crippen LogP contribution in [-0.2, 0) is 29.0 Å². The van der Waals surface area contributed by atoms with Gasteiger partial charge >= 0.3 is 5.97 Å². The SMILES string of the molecule is C[C@@H]1CCc2c(sc3nc(COC(=O)C45C[C@H]6C[C@@H](CC(Cl)(C6)C4)C5)[nH]c(=O)c23)C1. The highest BCUT2D eigenvalue weighted by Crippen LogP contribution is 2.64. The number of aromatic nitrogens is 2. The Bertz CT molecular complexity index is 1090. The quantitative estimate of drug-likeness (QED) is 0.546. The number of halogens is 1. The van der Waals surface area contributed by atoms with Crippen molar-refractivity contribution in [3.63, 3.8) is 0 Å². The monoisotopic (exact) mass is 446 g/mol. The van der Waals surface area contributed by atoms with Crippen LogP contribution in [0.15, 0.2) is 4.79 Å². The molecule has 0 aromatic carbocycles. The number of nitrogens with zero attached hydrogens (tertiary/aromatic N) is 1. The van der Waals surface area contributed by atoms with Gasteiger partial charge in [0.25, 0.3) is 5.56 Å². The van der Waals surface area contributed by atoms with Crippen LogP contribution in [0.5, 0.6) is 0 Å². The lowest BCUT2D eigenvalue weighted by Gasteiger charge is -2.58. The van der Waals surface area contributed by atoms with Crippen molar-refractivity contribution in [1.29, 1.82) is 0 Å². The number of carbonyl (C=O) groups is 1. The fourth-order valence-corrected chi connectivity index (χ4v) is 9.23. The second kappa shape index (κ2) is 6.55. The third-order valence-electron chi connectivity index (χ3n) is 7.98. The first-order valence-electron chi connectivity index (χ1n) is 11.2. The molecule has 0 unspecified atom stereocenters. The van der Waals surface area contributed by atoms with Crippen molar-refractivity contribution in [2.45, 2.75) is 76.2 Å². The normalized spacial score (nSPS) is 36.8. The van der Waals surface area contributed by atoms with Gasteiger partial charge in [-0.25, -0.2) is 4.98 Å². The lowest BCUT2D eigenvalue weighted by molar-refractivity contribution is -0.171. The lowest BCUT2D eigenvalue weighted by Crippen LogP contribution is -2.56. The summed E-state index contributed by atoms with van der Waals surface area (Å²) in [6.07, 6.45) is 8.88. The first kappa shape index (κ1) is 19.3. The smallest absolute Gasteiger partial charge is 0.312 e. The standard InChI is InChI=1S/C23H27ClN2O3S/c1-12-2-3-15-16(4-12)30-20-18(15)19(27)25-17(26-20)10-29-21(28)22-6-13-5-14(7-22)9-23(24,8-13)11-22/h12-14H,2-11H2,1H3,(H,25,26,27)/t12-,13-,14-,22?,23?/m1/s1. The molecular formula is C23H27ClN2O3S. The van der Waals surface area contributed by atoms with Crippen LogP contribution in [0.1, 0.15) is 68.1 Å². The molecule has 4 bridgehead atoms. The number of H-pyrrole nitrogens is 1. The maximum atomic E-state index is 13.2. The number of alkyl halides is 1. The van der Waals surface area contributed by atoms with Crippen molar-refractivity contribution < 1.29 is 9.53 Å². The van der Waals surface area contributed by atoms with Gasteiger partial charge < -0.3 is 9.72 Å². The molecule has 5 nitrogen and oxygen atoms in total. The Morgan fingerprint density at radius 3 is 2.80 bits per heavy atom. The summed E-state index contributed by atoms with van der Waals surface area (Å²) in [5.74, 6) is 2.04. The summed E-state index contributed by atoms with van der Waals surface area (Å²) in [5.41, 5.74) is 0.632. The van der Waals surface area contributed by atoms with E-state index in [1.807, 2.05) is 0 Å². The van der Waals surface area contributed by atoms with E-state index < -0.39 is 5.41 Å². The van der Waals surface area contributed by atoms with Crippen LogP contribution in [0.25, 0.3) is 10.2 Å². The van der Waals surface area contributed by atoms with Crippen molar-refractivity contribution in [3.05, 3.63) is 26.6 Å². The van der Waals surface area contributed by atoms with E-state index in [9.17, 15) is 9.59 Å². The highest BCUT2D eigenvalue weighted by Gasteiger charge is 2.60. The second-order valence-corrected chi connectivity index (χ2v) is 12.4. The van der Waals surface area contributed by atoms with Gasteiger partial charge in [-0.05, 0) is 81.1 Å². The van der Waals surface area contributed by atoms with Crippen LogP contribution < -0.4 is 5.56 Å². The number of hydrogen-bond donors (Lipinski definition) is 1. The van der Waals surface area contributed by atoms with Crippen LogP contribution in [0, 0.1) is 23.2 Å².